The SMILES string of the molecule is COCC(C)OC(=O)Cn1c(=O)oc2cccnc21. The van der Waals surface area contributed by atoms with Crippen LogP contribution >= 0.6 is 0 Å². The van der Waals surface area contributed by atoms with Gasteiger partial charge in [0.25, 0.3) is 0 Å². The summed E-state index contributed by atoms with van der Waals surface area (Å²) in [5.41, 5.74) is 0.661. The number of oxazole rings is 1. The molecule has 0 spiro atoms. The maximum atomic E-state index is 11.7. The van der Waals surface area contributed by atoms with Crippen LogP contribution in [0.3, 0.4) is 0 Å². The van der Waals surface area contributed by atoms with Gasteiger partial charge < -0.3 is 13.9 Å². The van der Waals surface area contributed by atoms with Crippen LogP contribution in [0.1, 0.15) is 6.92 Å². The predicted octanol–water partition coefficient (Wildman–Crippen LogP) is 0.568. The Morgan fingerprint density at radius 3 is 3.11 bits per heavy atom. The molecule has 0 radical (unpaired) electrons. The summed E-state index contributed by atoms with van der Waals surface area (Å²) in [6.07, 6.45) is 1.14. The fourth-order valence-electron chi connectivity index (χ4n) is 1.70. The molecule has 2 aromatic rings. The number of carbonyl (C=O) groups excluding carboxylic acids is 1. The quantitative estimate of drug-likeness (QED) is 0.735. The van der Waals surface area contributed by atoms with Gasteiger partial charge in [-0.1, -0.05) is 0 Å². The van der Waals surface area contributed by atoms with Crippen LogP contribution in [0, 0.1) is 0 Å². The molecule has 1 unspecified atom stereocenters. The lowest BCUT2D eigenvalue weighted by atomic mass is 10.4. The Kier molecular flexibility index (Phi) is 3.96. The average Bonchev–Trinajstić information content (AvgIpc) is 2.66. The number of aromatic nitrogens is 2. The number of rotatable bonds is 5. The molecule has 0 N–H and O–H groups in total. The molecular formula is C12H14N2O5. The summed E-state index contributed by atoms with van der Waals surface area (Å²) in [6.45, 7) is 1.76. The second kappa shape index (κ2) is 5.66. The summed E-state index contributed by atoms with van der Waals surface area (Å²) >= 11 is 0. The molecule has 2 rings (SSSR count). The highest BCUT2D eigenvalue weighted by Crippen LogP contribution is 2.08. The van der Waals surface area contributed by atoms with Crippen molar-refractivity contribution in [1.29, 1.82) is 0 Å². The molecule has 0 fully saturated rings. The Balaban J connectivity index is 2.15. The lowest BCUT2D eigenvalue weighted by Crippen LogP contribution is -2.26. The Morgan fingerprint density at radius 2 is 2.37 bits per heavy atom. The second-order valence-corrected chi connectivity index (χ2v) is 4.04. The van der Waals surface area contributed by atoms with E-state index < -0.39 is 11.7 Å². The minimum atomic E-state index is -0.634. The van der Waals surface area contributed by atoms with Crippen molar-refractivity contribution in [3.8, 4) is 0 Å². The van der Waals surface area contributed by atoms with E-state index in [0.29, 0.717) is 17.8 Å². The molecule has 0 aliphatic heterocycles. The number of nitrogens with zero attached hydrogens (tertiary/aromatic N) is 2. The van der Waals surface area contributed by atoms with E-state index in [0.717, 1.165) is 4.57 Å². The van der Waals surface area contributed by atoms with Crippen molar-refractivity contribution in [1.82, 2.24) is 9.55 Å². The number of esters is 1. The lowest BCUT2D eigenvalue weighted by Gasteiger charge is -2.11. The molecule has 2 aromatic heterocycles. The van der Waals surface area contributed by atoms with Crippen molar-refractivity contribution in [2.24, 2.45) is 0 Å². The number of pyridine rings is 1. The molecule has 102 valence electrons. The molecule has 0 bridgehead atoms. The monoisotopic (exact) mass is 266 g/mol. The van der Waals surface area contributed by atoms with Gasteiger partial charge in [0, 0.05) is 13.3 Å². The zero-order valence-electron chi connectivity index (χ0n) is 10.7. The average molecular weight is 266 g/mol. The molecule has 2 heterocycles. The Bertz CT molecular complexity index is 630. The van der Waals surface area contributed by atoms with E-state index >= 15 is 0 Å². The molecule has 0 aliphatic rings. The molecule has 19 heavy (non-hydrogen) atoms. The summed E-state index contributed by atoms with van der Waals surface area (Å²) in [5.74, 6) is -1.18. The molecule has 0 aliphatic carbocycles. The van der Waals surface area contributed by atoms with Gasteiger partial charge in [-0.25, -0.2) is 14.3 Å². The second-order valence-electron chi connectivity index (χ2n) is 4.04. The molecule has 0 saturated heterocycles. The van der Waals surface area contributed by atoms with Crippen molar-refractivity contribution in [3.05, 3.63) is 28.9 Å². The first-order valence-corrected chi connectivity index (χ1v) is 5.74. The van der Waals surface area contributed by atoms with Gasteiger partial charge in [-0.15, -0.1) is 0 Å². The Labute approximate surface area is 108 Å². The molecule has 1 atom stereocenters. The largest absolute Gasteiger partial charge is 0.459 e. The number of fused-ring (bicyclic) bond motifs is 1. The fourth-order valence-corrected chi connectivity index (χ4v) is 1.70. The van der Waals surface area contributed by atoms with Crippen LogP contribution in [0.25, 0.3) is 11.2 Å². The van der Waals surface area contributed by atoms with Crippen LogP contribution in [0.5, 0.6) is 0 Å². The first kappa shape index (κ1) is 13.3. The van der Waals surface area contributed by atoms with Crippen molar-refractivity contribution in [2.45, 2.75) is 19.6 Å². The van der Waals surface area contributed by atoms with E-state index in [4.69, 9.17) is 13.9 Å². The Morgan fingerprint density at radius 1 is 1.58 bits per heavy atom. The van der Waals surface area contributed by atoms with Gasteiger partial charge in [-0.3, -0.25) is 4.79 Å². The highest BCUT2D eigenvalue weighted by molar-refractivity contribution is 5.73. The molecule has 0 amide bonds. The molecule has 0 saturated carbocycles. The van der Waals surface area contributed by atoms with Gasteiger partial charge >= 0.3 is 11.7 Å². The van der Waals surface area contributed by atoms with Crippen LogP contribution in [0.4, 0.5) is 0 Å². The van der Waals surface area contributed by atoms with E-state index in [2.05, 4.69) is 4.98 Å². The molecule has 0 aromatic carbocycles. The van der Waals surface area contributed by atoms with E-state index in [1.165, 1.54) is 13.3 Å². The first-order valence-electron chi connectivity index (χ1n) is 5.74. The molecule has 7 heteroatoms. The van der Waals surface area contributed by atoms with E-state index in [9.17, 15) is 9.59 Å². The van der Waals surface area contributed by atoms with Gasteiger partial charge in [0.15, 0.2) is 11.2 Å². The number of hydrogen-bond acceptors (Lipinski definition) is 6. The van der Waals surface area contributed by atoms with Crippen LogP contribution in [-0.4, -0.2) is 35.3 Å². The van der Waals surface area contributed by atoms with E-state index in [1.807, 2.05) is 0 Å². The maximum Gasteiger partial charge on any atom is 0.421 e. The van der Waals surface area contributed by atoms with Crippen LogP contribution in [-0.2, 0) is 20.8 Å². The highest BCUT2D eigenvalue weighted by atomic mass is 16.6. The van der Waals surface area contributed by atoms with Crippen molar-refractivity contribution < 1.29 is 18.7 Å². The summed E-state index contributed by atoms with van der Waals surface area (Å²) < 4.78 is 16.0. The number of ether oxygens (including phenoxy) is 2. The summed E-state index contributed by atoms with van der Waals surface area (Å²) in [6, 6.07) is 3.26. The Hall–Kier alpha value is -2.15. The molecular weight excluding hydrogens is 252 g/mol. The van der Waals surface area contributed by atoms with Gasteiger partial charge in [-0.2, -0.15) is 0 Å². The summed E-state index contributed by atoms with van der Waals surface area (Å²) in [5, 5.41) is 0. The third kappa shape index (κ3) is 3.00. The fraction of sp³-hybridized carbons (Fsp3) is 0.417. The zero-order valence-corrected chi connectivity index (χ0v) is 10.7. The third-order valence-corrected chi connectivity index (χ3v) is 2.45. The summed E-state index contributed by atoms with van der Waals surface area (Å²) in [7, 11) is 1.52. The van der Waals surface area contributed by atoms with Crippen molar-refractivity contribution >= 4 is 17.2 Å². The van der Waals surface area contributed by atoms with Crippen LogP contribution in [0.2, 0.25) is 0 Å². The topological polar surface area (TPSA) is 83.6 Å². The smallest absolute Gasteiger partial charge is 0.421 e. The number of methoxy groups -OCH3 is 1. The highest BCUT2D eigenvalue weighted by Gasteiger charge is 2.16. The van der Waals surface area contributed by atoms with Gasteiger partial charge in [0.1, 0.15) is 12.6 Å². The maximum absolute atomic E-state index is 11.7. The van der Waals surface area contributed by atoms with E-state index in [1.54, 1.807) is 19.1 Å². The first-order chi connectivity index (χ1) is 9.11. The van der Waals surface area contributed by atoms with Gasteiger partial charge in [-0.05, 0) is 19.1 Å². The summed E-state index contributed by atoms with van der Waals surface area (Å²) in [4.78, 5) is 27.3. The lowest BCUT2D eigenvalue weighted by molar-refractivity contribution is -0.151. The van der Waals surface area contributed by atoms with Crippen LogP contribution < -0.4 is 5.76 Å². The van der Waals surface area contributed by atoms with Gasteiger partial charge in [0.2, 0.25) is 0 Å². The third-order valence-electron chi connectivity index (χ3n) is 2.45. The van der Waals surface area contributed by atoms with Crippen molar-refractivity contribution in [3.63, 3.8) is 0 Å². The number of carbonyl (C=O) groups is 1. The minimum absolute atomic E-state index is 0.239. The van der Waals surface area contributed by atoms with Crippen LogP contribution in [0.15, 0.2) is 27.5 Å². The number of hydrogen-bond donors (Lipinski definition) is 0. The standard InChI is InChI=1S/C12H14N2O5/c1-8(7-17-2)18-10(15)6-14-11-9(19-12(14)16)4-3-5-13-11/h3-5,8H,6-7H2,1-2H3. The normalized spacial score (nSPS) is 12.5. The van der Waals surface area contributed by atoms with Gasteiger partial charge in [0.05, 0.1) is 6.61 Å². The van der Waals surface area contributed by atoms with E-state index in [-0.39, 0.29) is 12.6 Å². The molecule has 7 nitrogen and oxygen atoms in total. The minimum Gasteiger partial charge on any atom is -0.459 e. The van der Waals surface area contributed by atoms with Crippen molar-refractivity contribution in [2.75, 3.05) is 13.7 Å². The predicted molar refractivity (Wildman–Crippen MR) is 65.7 cm³/mol. The zero-order chi connectivity index (χ0) is 13.8.